The number of benzene rings is 1. The van der Waals surface area contributed by atoms with Gasteiger partial charge in [0.1, 0.15) is 10.5 Å². The second kappa shape index (κ2) is 5.95. The Morgan fingerprint density at radius 1 is 1.04 bits per heavy atom. The molecule has 14 heteroatoms. The maximum absolute atomic E-state index is 13.3. The molecule has 0 heterocycles. The second-order valence-electron chi connectivity index (χ2n) is 6.00. The molecule has 6 nitrogen and oxygen atoms in total. The van der Waals surface area contributed by atoms with Crippen LogP contribution in [0.2, 0.25) is 19.6 Å². The van der Waals surface area contributed by atoms with Gasteiger partial charge < -0.3 is 0 Å². The molecule has 0 spiro atoms. The number of hydrogen-bond donors (Lipinski definition) is 1. The van der Waals surface area contributed by atoms with Crippen molar-refractivity contribution >= 4 is 29.1 Å². The van der Waals surface area contributed by atoms with E-state index in [4.69, 9.17) is 4.55 Å². The first-order valence-electron chi connectivity index (χ1n) is 6.27. The zero-order valence-electron chi connectivity index (χ0n) is 12.8. The van der Waals surface area contributed by atoms with Crippen molar-refractivity contribution in [2.45, 2.75) is 36.9 Å². The van der Waals surface area contributed by atoms with Crippen LogP contribution >= 0.6 is 0 Å². The van der Waals surface area contributed by atoms with Crippen molar-refractivity contribution in [2.24, 2.45) is 0 Å². The number of nitro benzene ring substituents is 1. The zero-order valence-corrected chi connectivity index (χ0v) is 14.6. The van der Waals surface area contributed by atoms with Crippen molar-refractivity contribution in [3.05, 3.63) is 27.3 Å². The van der Waals surface area contributed by atoms with Crippen molar-refractivity contribution < 1.29 is 44.2 Å². The van der Waals surface area contributed by atoms with E-state index in [-0.39, 0.29) is 6.07 Å². The minimum atomic E-state index is -5.92. The Bertz CT molecular complexity index is 825. The lowest BCUT2D eigenvalue weighted by atomic mass is 10.0. The smallest absolute Gasteiger partial charge is 0.282 e. The third-order valence-corrected chi connectivity index (χ3v) is 6.22. The maximum atomic E-state index is 13.3. The lowest BCUT2D eigenvalue weighted by molar-refractivity contribution is -0.388. The summed E-state index contributed by atoms with van der Waals surface area (Å²) in [4.78, 5) is 7.27. The highest BCUT2D eigenvalue weighted by Gasteiger charge is 2.53. The first-order valence-corrected chi connectivity index (χ1v) is 11.2. The van der Waals surface area contributed by atoms with E-state index in [1.54, 1.807) is 0 Å². The van der Waals surface area contributed by atoms with E-state index in [1.807, 2.05) is 0 Å². The lowest BCUT2D eigenvalue weighted by Crippen LogP contribution is -2.43. The maximum Gasteiger partial charge on any atom is 0.423 e. The van der Waals surface area contributed by atoms with E-state index in [9.17, 15) is 44.9 Å². The Labute approximate surface area is 138 Å². The van der Waals surface area contributed by atoms with Crippen LogP contribution in [0.5, 0.6) is 0 Å². The molecule has 0 radical (unpaired) electrons. The molecule has 0 aliphatic heterocycles. The molecule has 25 heavy (non-hydrogen) atoms. The number of nitro groups is 1. The predicted octanol–water partition coefficient (Wildman–Crippen LogP) is 3.42. The Balaban J connectivity index is 4.44. The minimum absolute atomic E-state index is 0.146. The van der Waals surface area contributed by atoms with Gasteiger partial charge in [-0.2, -0.15) is 34.8 Å². The summed E-state index contributed by atoms with van der Waals surface area (Å²) in [6, 6.07) is 0.146. The number of rotatable bonds is 3. The van der Waals surface area contributed by atoms with Crippen LogP contribution in [-0.2, 0) is 22.5 Å². The summed E-state index contributed by atoms with van der Waals surface area (Å²) in [6.45, 7) is 3.77. The molecule has 1 aromatic carbocycles. The lowest BCUT2D eigenvalue weighted by Gasteiger charge is -2.25. The molecule has 0 saturated carbocycles. The SMILES string of the molecule is C[Si](C)(C)c1cc([N+](=O)[O-])c(C(F)(F)F)c(C(F)(F)F)c1S(=O)(=O)O. The third kappa shape index (κ3) is 4.30. The quantitative estimate of drug-likeness (QED) is 0.270. The van der Waals surface area contributed by atoms with Gasteiger partial charge in [0.2, 0.25) is 0 Å². The van der Waals surface area contributed by atoms with Gasteiger partial charge in [-0.3, -0.25) is 14.7 Å². The van der Waals surface area contributed by atoms with Crippen molar-refractivity contribution in [3.8, 4) is 0 Å². The molecule has 0 saturated heterocycles. The summed E-state index contributed by atoms with van der Waals surface area (Å²) in [5, 5.41) is 10.1. The molecule has 1 N–H and O–H groups in total. The Hall–Kier alpha value is -1.67. The number of nitrogens with zero attached hydrogens (tertiary/aromatic N) is 1. The molecule has 1 rings (SSSR count). The fourth-order valence-electron chi connectivity index (χ4n) is 2.18. The van der Waals surface area contributed by atoms with E-state index < -0.39 is 62.4 Å². The van der Waals surface area contributed by atoms with Crippen molar-refractivity contribution in [1.29, 1.82) is 0 Å². The van der Waals surface area contributed by atoms with E-state index >= 15 is 0 Å². The fraction of sp³-hybridized carbons (Fsp3) is 0.455. The third-order valence-electron chi connectivity index (χ3n) is 3.09. The highest BCUT2D eigenvalue weighted by Crippen LogP contribution is 2.47. The Kier molecular flexibility index (Phi) is 5.08. The molecule has 0 bridgehead atoms. The van der Waals surface area contributed by atoms with E-state index in [2.05, 4.69) is 0 Å². The van der Waals surface area contributed by atoms with E-state index in [0.29, 0.717) is 0 Å². The monoisotopic (exact) mass is 411 g/mol. The van der Waals surface area contributed by atoms with Crippen molar-refractivity contribution in [1.82, 2.24) is 0 Å². The van der Waals surface area contributed by atoms with E-state index in [1.165, 1.54) is 19.6 Å². The fourth-order valence-corrected chi connectivity index (χ4v) is 5.67. The van der Waals surface area contributed by atoms with Crippen LogP contribution < -0.4 is 5.19 Å². The predicted molar refractivity (Wildman–Crippen MR) is 75.9 cm³/mol. The van der Waals surface area contributed by atoms with Gasteiger partial charge in [0.25, 0.3) is 15.8 Å². The van der Waals surface area contributed by atoms with Crippen LogP contribution in [0.4, 0.5) is 32.0 Å². The highest BCUT2D eigenvalue weighted by molar-refractivity contribution is 7.86. The molecule has 0 amide bonds. The minimum Gasteiger partial charge on any atom is -0.282 e. The first-order chi connectivity index (χ1) is 10.8. The summed E-state index contributed by atoms with van der Waals surface area (Å²) in [7, 11) is -8.93. The molecule has 0 unspecified atom stereocenters. The van der Waals surface area contributed by atoms with Gasteiger partial charge in [-0.15, -0.1) is 0 Å². The van der Waals surface area contributed by atoms with Gasteiger partial charge >= 0.3 is 12.4 Å². The topological polar surface area (TPSA) is 97.5 Å². The molecule has 142 valence electrons. The van der Waals surface area contributed by atoms with Crippen LogP contribution in [0.1, 0.15) is 11.1 Å². The highest BCUT2D eigenvalue weighted by atomic mass is 32.2. The van der Waals surface area contributed by atoms with Crippen molar-refractivity contribution in [3.63, 3.8) is 0 Å². The first kappa shape index (κ1) is 21.4. The molecule has 0 atom stereocenters. The summed E-state index contributed by atoms with van der Waals surface area (Å²) in [5.41, 5.74) is -7.47. The molecule has 0 aliphatic rings. The average molecular weight is 411 g/mol. The summed E-state index contributed by atoms with van der Waals surface area (Å²) >= 11 is 0. The number of hydrogen-bond acceptors (Lipinski definition) is 4. The van der Waals surface area contributed by atoms with Gasteiger partial charge in [-0.1, -0.05) is 19.6 Å². The van der Waals surface area contributed by atoms with Gasteiger partial charge in [0.15, 0.2) is 0 Å². The molecule has 0 fully saturated rings. The number of alkyl halides is 6. The van der Waals surface area contributed by atoms with Crippen LogP contribution in [0.15, 0.2) is 11.0 Å². The summed E-state index contributed by atoms with van der Waals surface area (Å²) in [6.07, 6.45) is -11.8. The van der Waals surface area contributed by atoms with Crippen molar-refractivity contribution in [2.75, 3.05) is 0 Å². The summed E-state index contributed by atoms with van der Waals surface area (Å²) in [5.74, 6) is 0. The Morgan fingerprint density at radius 3 is 1.68 bits per heavy atom. The standard InChI is InChI=1S/C11H11F6NO5SSi/c1-25(2,3)6-4-5(18(19)20)7(10(12,13)14)8(11(15,16)17)9(6)24(21,22)23/h4H,1-3H3,(H,21,22,23). The summed E-state index contributed by atoms with van der Waals surface area (Å²) < 4.78 is 111. The molecular weight excluding hydrogens is 400 g/mol. The molecule has 0 aliphatic carbocycles. The normalized spacial score (nSPS) is 13.8. The van der Waals surface area contributed by atoms with Gasteiger partial charge in [0, 0.05) is 6.07 Å². The van der Waals surface area contributed by atoms with Gasteiger partial charge in [-0.05, 0) is 5.19 Å². The van der Waals surface area contributed by atoms with Crippen LogP contribution in [0, 0.1) is 10.1 Å². The van der Waals surface area contributed by atoms with Gasteiger partial charge in [0.05, 0.1) is 18.6 Å². The Morgan fingerprint density at radius 2 is 1.44 bits per heavy atom. The second-order valence-corrected chi connectivity index (χ2v) is 12.4. The zero-order chi connectivity index (χ0) is 20.2. The van der Waals surface area contributed by atoms with Crippen LogP contribution in [0.25, 0.3) is 0 Å². The van der Waals surface area contributed by atoms with Gasteiger partial charge in [-0.25, -0.2) is 0 Å². The van der Waals surface area contributed by atoms with Crippen LogP contribution in [0.3, 0.4) is 0 Å². The van der Waals surface area contributed by atoms with Crippen LogP contribution in [-0.4, -0.2) is 26.0 Å². The molecule has 0 aromatic heterocycles. The largest absolute Gasteiger partial charge is 0.423 e. The molecule has 1 aromatic rings. The van der Waals surface area contributed by atoms with E-state index in [0.717, 1.165) is 0 Å². The average Bonchev–Trinajstić information content (AvgIpc) is 2.31. The number of halogens is 6. The molecular formula is C11H11F6NO5SSi.